The Morgan fingerprint density at radius 3 is 2.75 bits per heavy atom. The molecule has 2 rings (SSSR count). The van der Waals surface area contributed by atoms with E-state index in [1.54, 1.807) is 0 Å². The maximum Gasteiger partial charge on any atom is 0.0568 e. The summed E-state index contributed by atoms with van der Waals surface area (Å²) in [5, 5.41) is 7.86. The van der Waals surface area contributed by atoms with Crippen molar-refractivity contribution in [2.45, 2.75) is 53.2 Å². The molecule has 0 unspecified atom stereocenters. The maximum absolute atomic E-state index is 4.41. The summed E-state index contributed by atoms with van der Waals surface area (Å²) in [5.41, 5.74) is 5.13. The van der Waals surface area contributed by atoms with E-state index in [1.165, 1.54) is 22.3 Å². The average Bonchev–Trinajstić information content (AvgIpc) is 2.85. The molecule has 0 amide bonds. The molecule has 0 atom stereocenters. The first-order valence-electron chi connectivity index (χ1n) is 7.46. The van der Waals surface area contributed by atoms with Gasteiger partial charge in [0.15, 0.2) is 0 Å². The number of aryl methyl sites for hydroxylation is 2. The Morgan fingerprint density at radius 1 is 1.30 bits per heavy atom. The Balaban J connectivity index is 2.15. The predicted molar refractivity (Wildman–Crippen MR) is 84.7 cm³/mol. The van der Waals surface area contributed by atoms with Gasteiger partial charge in [0.05, 0.1) is 6.20 Å². The first-order valence-corrected chi connectivity index (χ1v) is 7.46. The van der Waals surface area contributed by atoms with Crippen molar-refractivity contribution in [1.29, 1.82) is 0 Å². The third-order valence-electron chi connectivity index (χ3n) is 3.40. The smallest absolute Gasteiger partial charge is 0.0568 e. The van der Waals surface area contributed by atoms with Gasteiger partial charge in [-0.2, -0.15) is 5.10 Å². The van der Waals surface area contributed by atoms with Crippen LogP contribution in [0, 0.1) is 6.92 Å². The van der Waals surface area contributed by atoms with Gasteiger partial charge >= 0.3 is 0 Å². The molecule has 108 valence electrons. The summed E-state index contributed by atoms with van der Waals surface area (Å²) in [5.74, 6) is 0. The third kappa shape index (κ3) is 3.70. The average molecular weight is 271 g/mol. The minimum atomic E-state index is 0.516. The Labute approximate surface area is 122 Å². The molecule has 0 saturated carbocycles. The molecule has 0 bridgehead atoms. The quantitative estimate of drug-likeness (QED) is 0.867. The summed E-state index contributed by atoms with van der Waals surface area (Å²) < 4.78 is 2.02. The first kappa shape index (κ1) is 14.8. The lowest BCUT2D eigenvalue weighted by Crippen LogP contribution is -2.21. The summed E-state index contributed by atoms with van der Waals surface area (Å²) in [6, 6.07) is 7.19. The normalized spacial score (nSPS) is 11.2. The predicted octanol–water partition coefficient (Wildman–Crippen LogP) is 3.77. The second kappa shape index (κ2) is 6.71. The van der Waals surface area contributed by atoms with Crippen molar-refractivity contribution in [3.05, 3.63) is 41.7 Å². The maximum atomic E-state index is 4.41. The second-order valence-corrected chi connectivity index (χ2v) is 5.68. The van der Waals surface area contributed by atoms with Crippen molar-refractivity contribution in [2.24, 2.45) is 0 Å². The molecule has 1 aromatic heterocycles. The third-order valence-corrected chi connectivity index (χ3v) is 3.40. The van der Waals surface area contributed by atoms with Gasteiger partial charge in [-0.05, 0) is 30.0 Å². The summed E-state index contributed by atoms with van der Waals surface area (Å²) in [4.78, 5) is 0. The molecular weight excluding hydrogens is 246 g/mol. The van der Waals surface area contributed by atoms with E-state index in [-0.39, 0.29) is 0 Å². The number of nitrogens with one attached hydrogen (secondary N) is 1. The number of hydrogen-bond acceptors (Lipinski definition) is 2. The van der Waals surface area contributed by atoms with Crippen LogP contribution in [0.4, 0.5) is 0 Å². The molecule has 1 heterocycles. The minimum Gasteiger partial charge on any atom is -0.310 e. The van der Waals surface area contributed by atoms with Gasteiger partial charge in [-0.15, -0.1) is 0 Å². The van der Waals surface area contributed by atoms with Gasteiger partial charge in [-0.1, -0.05) is 39.0 Å². The molecule has 0 spiro atoms. The fourth-order valence-electron chi connectivity index (χ4n) is 2.34. The van der Waals surface area contributed by atoms with Crippen LogP contribution in [-0.2, 0) is 13.1 Å². The summed E-state index contributed by atoms with van der Waals surface area (Å²) >= 11 is 0. The molecule has 3 nitrogen and oxygen atoms in total. The van der Waals surface area contributed by atoms with Crippen molar-refractivity contribution in [3.8, 4) is 11.1 Å². The lowest BCUT2D eigenvalue weighted by Gasteiger charge is -2.10. The van der Waals surface area contributed by atoms with E-state index in [9.17, 15) is 0 Å². The Kier molecular flexibility index (Phi) is 4.96. The van der Waals surface area contributed by atoms with Crippen LogP contribution in [0.3, 0.4) is 0 Å². The fraction of sp³-hybridized carbons (Fsp3) is 0.471. The molecule has 0 aliphatic carbocycles. The number of nitrogens with zero attached hydrogens (tertiary/aromatic N) is 2. The topological polar surface area (TPSA) is 29.9 Å². The molecule has 0 aliphatic rings. The molecule has 0 fully saturated rings. The summed E-state index contributed by atoms with van der Waals surface area (Å²) in [6.45, 7) is 10.6. The van der Waals surface area contributed by atoms with Gasteiger partial charge < -0.3 is 5.32 Å². The summed E-state index contributed by atoms with van der Waals surface area (Å²) in [6.07, 6.45) is 5.21. The highest BCUT2D eigenvalue weighted by atomic mass is 15.3. The van der Waals surface area contributed by atoms with E-state index in [0.717, 1.165) is 19.5 Å². The van der Waals surface area contributed by atoms with E-state index in [2.05, 4.69) is 62.5 Å². The van der Waals surface area contributed by atoms with Gasteiger partial charge in [0, 0.05) is 30.9 Å². The van der Waals surface area contributed by atoms with Gasteiger partial charge in [0.2, 0.25) is 0 Å². The largest absolute Gasteiger partial charge is 0.310 e. The van der Waals surface area contributed by atoms with Crippen molar-refractivity contribution in [1.82, 2.24) is 15.1 Å². The van der Waals surface area contributed by atoms with Crippen LogP contribution in [-0.4, -0.2) is 15.8 Å². The first-order chi connectivity index (χ1) is 9.60. The molecule has 0 aliphatic heterocycles. The van der Waals surface area contributed by atoms with Gasteiger partial charge in [0.25, 0.3) is 0 Å². The second-order valence-electron chi connectivity index (χ2n) is 5.68. The SMILES string of the molecule is CCCn1cc(-c2ccc(CNC(C)C)cc2C)cn1. The molecule has 20 heavy (non-hydrogen) atoms. The zero-order chi connectivity index (χ0) is 14.5. The van der Waals surface area contributed by atoms with Crippen LogP contribution in [0.2, 0.25) is 0 Å². The highest BCUT2D eigenvalue weighted by Crippen LogP contribution is 2.24. The minimum absolute atomic E-state index is 0.516. The van der Waals surface area contributed by atoms with Crippen LogP contribution in [0.5, 0.6) is 0 Å². The van der Waals surface area contributed by atoms with Gasteiger partial charge in [-0.25, -0.2) is 0 Å². The van der Waals surface area contributed by atoms with Crippen LogP contribution in [0.15, 0.2) is 30.6 Å². The fourth-order valence-corrected chi connectivity index (χ4v) is 2.34. The van der Waals surface area contributed by atoms with Crippen LogP contribution < -0.4 is 5.32 Å². The highest BCUT2D eigenvalue weighted by molar-refractivity contribution is 5.66. The van der Waals surface area contributed by atoms with Crippen LogP contribution in [0.25, 0.3) is 11.1 Å². The van der Waals surface area contributed by atoms with Crippen LogP contribution in [0.1, 0.15) is 38.3 Å². The lowest BCUT2D eigenvalue weighted by atomic mass is 10.0. The number of rotatable bonds is 6. The van der Waals surface area contributed by atoms with Gasteiger partial charge in [0.1, 0.15) is 0 Å². The molecule has 2 aromatic rings. The zero-order valence-electron chi connectivity index (χ0n) is 13.0. The number of hydrogen-bond donors (Lipinski definition) is 1. The van der Waals surface area contributed by atoms with E-state index >= 15 is 0 Å². The number of benzene rings is 1. The van der Waals surface area contributed by atoms with Crippen LogP contribution >= 0.6 is 0 Å². The van der Waals surface area contributed by atoms with Crippen molar-refractivity contribution in [3.63, 3.8) is 0 Å². The molecule has 0 radical (unpaired) electrons. The Bertz CT molecular complexity index is 555. The number of aromatic nitrogens is 2. The molecule has 1 N–H and O–H groups in total. The van der Waals surface area contributed by atoms with Crippen molar-refractivity contribution < 1.29 is 0 Å². The Morgan fingerprint density at radius 2 is 2.10 bits per heavy atom. The van der Waals surface area contributed by atoms with Crippen molar-refractivity contribution in [2.75, 3.05) is 0 Å². The zero-order valence-corrected chi connectivity index (χ0v) is 13.0. The molecule has 3 heteroatoms. The summed E-state index contributed by atoms with van der Waals surface area (Å²) in [7, 11) is 0. The van der Waals surface area contributed by atoms with E-state index < -0.39 is 0 Å². The van der Waals surface area contributed by atoms with Crippen molar-refractivity contribution >= 4 is 0 Å². The van der Waals surface area contributed by atoms with E-state index in [0.29, 0.717) is 6.04 Å². The molecular formula is C17H25N3. The lowest BCUT2D eigenvalue weighted by molar-refractivity contribution is 0.589. The molecule has 0 saturated heterocycles. The van der Waals surface area contributed by atoms with Gasteiger partial charge in [-0.3, -0.25) is 4.68 Å². The highest BCUT2D eigenvalue weighted by Gasteiger charge is 2.06. The monoisotopic (exact) mass is 271 g/mol. The van der Waals surface area contributed by atoms with E-state index in [4.69, 9.17) is 0 Å². The molecule has 1 aromatic carbocycles. The van der Waals surface area contributed by atoms with E-state index in [1.807, 2.05) is 10.9 Å². The Hall–Kier alpha value is -1.61. The standard InChI is InChI=1S/C17H25N3/c1-5-8-20-12-16(11-19-20)17-7-6-15(9-14(17)4)10-18-13(2)3/h6-7,9,11-13,18H,5,8,10H2,1-4H3.